The normalized spacial score (nSPS) is 12.4. The Hall–Kier alpha value is -1.58. The third-order valence-corrected chi connectivity index (χ3v) is 4.82. The largest absolute Gasteiger partial charge is 0.361 e. The first-order valence-corrected chi connectivity index (χ1v) is 8.43. The van der Waals surface area contributed by atoms with E-state index in [2.05, 4.69) is 9.17 Å². The average molecular weight is 350 g/mol. The molecule has 0 spiro atoms. The Kier molecular flexibility index (Phi) is 5.33. The Bertz CT molecular complexity index is 805. The van der Waals surface area contributed by atoms with Crippen LogP contribution < -0.4 is 0 Å². The molecule has 5 nitrogen and oxygen atoms in total. The highest BCUT2D eigenvalue weighted by Crippen LogP contribution is 2.26. The third kappa shape index (κ3) is 4.04. The topological polar surface area (TPSA) is 62.4 Å². The number of hydrogen-bond donors (Lipinski definition) is 1. The summed E-state index contributed by atoms with van der Waals surface area (Å²) in [6, 6.07) is 0.909. The van der Waals surface area contributed by atoms with Gasteiger partial charge in [-0.2, -0.15) is 8.42 Å². The zero-order valence-electron chi connectivity index (χ0n) is 12.7. The lowest BCUT2D eigenvalue weighted by molar-refractivity contribution is 0.344. The van der Waals surface area contributed by atoms with Gasteiger partial charge in [-0.3, -0.25) is 4.18 Å². The van der Waals surface area contributed by atoms with Crippen molar-refractivity contribution in [2.24, 2.45) is 0 Å². The molecule has 0 aliphatic carbocycles. The average Bonchev–Trinajstić information content (AvgIpc) is 2.91. The van der Waals surface area contributed by atoms with Gasteiger partial charge in [0.1, 0.15) is 0 Å². The highest BCUT2D eigenvalue weighted by Gasteiger charge is 2.18. The molecule has 0 unspecified atom stereocenters. The summed E-state index contributed by atoms with van der Waals surface area (Å²) >= 11 is 0. The van der Waals surface area contributed by atoms with Crippen molar-refractivity contribution in [3.63, 3.8) is 0 Å². The summed E-state index contributed by atoms with van der Waals surface area (Å²) in [5.74, 6) is -4.13. The third-order valence-electron chi connectivity index (χ3n) is 3.63. The van der Waals surface area contributed by atoms with Gasteiger partial charge in [-0.05, 0) is 19.0 Å². The first-order valence-electron chi connectivity index (χ1n) is 6.85. The molecule has 0 saturated heterocycles. The molecule has 0 amide bonds. The van der Waals surface area contributed by atoms with Crippen LogP contribution in [0.1, 0.15) is 5.56 Å². The molecule has 1 N–H and O–H groups in total. The lowest BCUT2D eigenvalue weighted by Gasteiger charge is -2.15. The molecule has 23 heavy (non-hydrogen) atoms. The SMILES string of the molecule is COS(=O)(=O)CCN(C)CCc1c[nH]c2cc(F)c(F)c(F)c12. The van der Waals surface area contributed by atoms with Crippen LogP contribution in [-0.2, 0) is 20.7 Å². The van der Waals surface area contributed by atoms with Crippen molar-refractivity contribution in [1.82, 2.24) is 9.88 Å². The smallest absolute Gasteiger partial charge is 0.268 e. The predicted octanol–water partition coefficient (Wildman–Crippen LogP) is 2.04. The van der Waals surface area contributed by atoms with Gasteiger partial charge in [-0.25, -0.2) is 13.2 Å². The van der Waals surface area contributed by atoms with Crippen LogP contribution in [-0.4, -0.2) is 51.3 Å². The minimum Gasteiger partial charge on any atom is -0.361 e. The molecule has 2 rings (SSSR count). The number of nitrogens with zero attached hydrogens (tertiary/aromatic N) is 1. The first kappa shape index (κ1) is 17.8. The van der Waals surface area contributed by atoms with Crippen molar-refractivity contribution in [3.8, 4) is 0 Å². The maximum atomic E-state index is 13.9. The molecule has 1 aromatic heterocycles. The molecule has 1 heterocycles. The standard InChI is InChI=1S/C14H17F3N2O3S/c1-19(5-6-23(20,21)22-2)4-3-9-8-18-11-7-10(15)13(16)14(17)12(9)11/h7-8,18H,3-6H2,1-2H3. The summed E-state index contributed by atoms with van der Waals surface area (Å²) in [5, 5.41) is 0.0156. The van der Waals surface area contributed by atoms with E-state index in [0.29, 0.717) is 18.5 Å². The molecule has 0 saturated carbocycles. The molecule has 0 aliphatic rings. The Morgan fingerprint density at radius 3 is 2.57 bits per heavy atom. The van der Waals surface area contributed by atoms with Crippen molar-refractivity contribution in [3.05, 3.63) is 35.3 Å². The molecule has 0 fully saturated rings. The Morgan fingerprint density at radius 1 is 1.22 bits per heavy atom. The number of hydrogen-bond acceptors (Lipinski definition) is 4. The number of H-pyrrole nitrogens is 1. The van der Waals surface area contributed by atoms with Gasteiger partial charge in [-0.15, -0.1) is 0 Å². The number of rotatable bonds is 7. The molecule has 0 aliphatic heterocycles. The van der Waals surface area contributed by atoms with Crippen LogP contribution in [0.2, 0.25) is 0 Å². The predicted molar refractivity (Wildman–Crippen MR) is 80.2 cm³/mol. The van der Waals surface area contributed by atoms with E-state index in [0.717, 1.165) is 13.2 Å². The van der Waals surface area contributed by atoms with E-state index in [1.807, 2.05) is 0 Å². The van der Waals surface area contributed by atoms with Crippen LogP contribution in [0.25, 0.3) is 10.9 Å². The monoisotopic (exact) mass is 350 g/mol. The van der Waals surface area contributed by atoms with Crippen molar-refractivity contribution in [2.45, 2.75) is 6.42 Å². The molecule has 128 valence electrons. The Morgan fingerprint density at radius 2 is 1.91 bits per heavy atom. The van der Waals surface area contributed by atoms with E-state index in [9.17, 15) is 21.6 Å². The number of benzene rings is 1. The Balaban J connectivity index is 2.07. The number of halogens is 3. The van der Waals surface area contributed by atoms with Crippen molar-refractivity contribution >= 4 is 21.0 Å². The van der Waals surface area contributed by atoms with Gasteiger partial charge in [0.05, 0.1) is 18.4 Å². The second kappa shape index (κ2) is 6.90. The fraction of sp³-hybridized carbons (Fsp3) is 0.429. The van der Waals surface area contributed by atoms with Gasteiger partial charge < -0.3 is 9.88 Å². The van der Waals surface area contributed by atoms with Crippen molar-refractivity contribution in [2.75, 3.05) is 33.0 Å². The molecule has 0 bridgehead atoms. The molecule has 0 radical (unpaired) electrons. The van der Waals surface area contributed by atoms with E-state index < -0.39 is 27.6 Å². The van der Waals surface area contributed by atoms with E-state index in [-0.39, 0.29) is 23.2 Å². The molecule has 9 heteroatoms. The maximum Gasteiger partial charge on any atom is 0.268 e. The van der Waals surface area contributed by atoms with Gasteiger partial charge in [0, 0.05) is 30.7 Å². The van der Waals surface area contributed by atoms with Gasteiger partial charge in [0.2, 0.25) is 0 Å². The zero-order chi connectivity index (χ0) is 17.2. The second-order valence-corrected chi connectivity index (χ2v) is 7.06. The number of fused-ring (bicyclic) bond motifs is 1. The van der Waals surface area contributed by atoms with Crippen LogP contribution in [0.3, 0.4) is 0 Å². The molecular weight excluding hydrogens is 333 g/mol. The summed E-state index contributed by atoms with van der Waals surface area (Å²) in [6.07, 6.45) is 1.85. The lowest BCUT2D eigenvalue weighted by Crippen LogP contribution is -2.28. The van der Waals surface area contributed by atoms with Crippen molar-refractivity contribution in [1.29, 1.82) is 0 Å². The van der Waals surface area contributed by atoms with Crippen LogP contribution in [0.15, 0.2) is 12.3 Å². The highest BCUT2D eigenvalue weighted by molar-refractivity contribution is 7.86. The van der Waals surface area contributed by atoms with Gasteiger partial charge in [0.25, 0.3) is 10.1 Å². The van der Waals surface area contributed by atoms with Crippen LogP contribution in [0.4, 0.5) is 13.2 Å². The minimum atomic E-state index is -3.54. The number of nitrogens with one attached hydrogen (secondary N) is 1. The summed E-state index contributed by atoms with van der Waals surface area (Å²) in [6.45, 7) is 0.661. The fourth-order valence-electron chi connectivity index (χ4n) is 2.23. The number of aromatic amines is 1. The van der Waals surface area contributed by atoms with E-state index in [4.69, 9.17) is 0 Å². The van der Waals surface area contributed by atoms with E-state index >= 15 is 0 Å². The number of likely N-dealkylation sites (N-methyl/N-ethyl adjacent to an activating group) is 1. The minimum absolute atomic E-state index is 0.0156. The van der Waals surface area contributed by atoms with Crippen LogP contribution in [0.5, 0.6) is 0 Å². The molecule has 1 aromatic carbocycles. The fourth-order valence-corrected chi connectivity index (χ4v) is 2.93. The summed E-state index contributed by atoms with van der Waals surface area (Å²) in [4.78, 5) is 4.43. The summed E-state index contributed by atoms with van der Waals surface area (Å²) in [7, 11) is -0.738. The molecule has 0 atom stereocenters. The molecule has 2 aromatic rings. The maximum absolute atomic E-state index is 13.9. The van der Waals surface area contributed by atoms with Gasteiger partial charge in [0.15, 0.2) is 17.5 Å². The van der Waals surface area contributed by atoms with Gasteiger partial charge >= 0.3 is 0 Å². The van der Waals surface area contributed by atoms with Gasteiger partial charge in [-0.1, -0.05) is 0 Å². The quantitative estimate of drug-likeness (QED) is 0.613. The van der Waals surface area contributed by atoms with E-state index in [1.54, 1.807) is 11.9 Å². The van der Waals surface area contributed by atoms with Crippen LogP contribution in [0, 0.1) is 17.5 Å². The molecular formula is C14H17F3N2O3S. The lowest BCUT2D eigenvalue weighted by atomic mass is 10.1. The number of aromatic nitrogens is 1. The van der Waals surface area contributed by atoms with Crippen molar-refractivity contribution < 1.29 is 25.8 Å². The highest BCUT2D eigenvalue weighted by atomic mass is 32.2. The summed E-state index contributed by atoms with van der Waals surface area (Å²) < 4.78 is 67.2. The zero-order valence-corrected chi connectivity index (χ0v) is 13.5. The Labute approximate surface area is 132 Å². The van der Waals surface area contributed by atoms with Crippen LogP contribution >= 0.6 is 0 Å². The first-order chi connectivity index (χ1) is 10.7. The van der Waals surface area contributed by atoms with E-state index in [1.165, 1.54) is 6.20 Å². The second-order valence-electron chi connectivity index (χ2n) is 5.20. The summed E-state index contributed by atoms with van der Waals surface area (Å²) in [5.41, 5.74) is 0.680.